The fraction of sp³-hybridized carbons (Fsp3) is 0.762. The number of hydrogen-bond acceptors (Lipinski definition) is 4. The van der Waals surface area contributed by atoms with E-state index in [0.717, 1.165) is 12.1 Å². The van der Waals surface area contributed by atoms with Crippen LogP contribution in [-0.4, -0.2) is 28.6 Å². The highest BCUT2D eigenvalue weighted by atomic mass is 32.2. The Morgan fingerprint density at radius 3 is 2.15 bits per heavy atom. The van der Waals surface area contributed by atoms with Crippen molar-refractivity contribution in [2.75, 3.05) is 0 Å². The molecule has 0 radical (unpaired) electrons. The number of pyridine rings is 1. The van der Waals surface area contributed by atoms with Gasteiger partial charge in [-0.1, -0.05) is 40.7 Å². The fourth-order valence-corrected chi connectivity index (χ4v) is 4.56. The molecule has 0 spiro atoms. The van der Waals surface area contributed by atoms with E-state index in [0.29, 0.717) is 5.92 Å². The van der Waals surface area contributed by atoms with Gasteiger partial charge in [0.1, 0.15) is 10.9 Å². The highest BCUT2D eigenvalue weighted by Crippen LogP contribution is 2.41. The first-order chi connectivity index (χ1) is 12.1. The fourth-order valence-electron chi connectivity index (χ4n) is 2.44. The number of nitrogens with one attached hydrogen (secondary N) is 1. The van der Waals surface area contributed by atoms with Crippen LogP contribution in [-0.2, 0) is 15.8 Å². The Morgan fingerprint density at radius 1 is 1.15 bits per heavy atom. The average molecular weight is 413 g/mol. The standard InChI is InChI=1S/C21H40N2O2SSi/c1-16(2)15-18(23-26(24)20(3,4)5)19(17-13-11-12-14-22-17)25-27(9,10)21(6,7)8/h11-14,16,18-19,23H,15H2,1-10H3/t18-,19?,26+/m0/s1. The van der Waals surface area contributed by atoms with Gasteiger partial charge in [0.25, 0.3) is 0 Å². The lowest BCUT2D eigenvalue weighted by Gasteiger charge is -2.42. The van der Waals surface area contributed by atoms with Gasteiger partial charge in [0.2, 0.25) is 0 Å². The van der Waals surface area contributed by atoms with Gasteiger partial charge in [-0.2, -0.15) is 0 Å². The van der Waals surface area contributed by atoms with Gasteiger partial charge in [0.15, 0.2) is 8.32 Å². The largest absolute Gasteiger partial charge is 0.598 e. The molecule has 156 valence electrons. The predicted molar refractivity (Wildman–Crippen MR) is 120 cm³/mol. The lowest BCUT2D eigenvalue weighted by Crippen LogP contribution is -2.51. The Hall–Kier alpha value is -0.403. The molecular weight excluding hydrogens is 372 g/mol. The van der Waals surface area contributed by atoms with E-state index in [4.69, 9.17) is 4.43 Å². The van der Waals surface area contributed by atoms with E-state index in [1.54, 1.807) is 0 Å². The lowest BCUT2D eigenvalue weighted by molar-refractivity contribution is 0.131. The van der Waals surface area contributed by atoms with Crippen LogP contribution in [0.15, 0.2) is 24.4 Å². The summed E-state index contributed by atoms with van der Waals surface area (Å²) in [4.78, 5) is 4.60. The summed E-state index contributed by atoms with van der Waals surface area (Å²) in [5, 5.41) is 0.0889. The van der Waals surface area contributed by atoms with Crippen LogP contribution in [0, 0.1) is 5.92 Å². The Bertz CT molecular complexity index is 568. The van der Waals surface area contributed by atoms with Gasteiger partial charge in [-0.05, 0) is 63.4 Å². The molecule has 0 saturated heterocycles. The summed E-state index contributed by atoms with van der Waals surface area (Å²) in [5.74, 6) is 0.452. The Kier molecular flexibility index (Phi) is 8.57. The summed E-state index contributed by atoms with van der Waals surface area (Å²) in [6, 6.07) is 5.88. The Balaban J connectivity index is 3.29. The summed E-state index contributed by atoms with van der Waals surface area (Å²) < 4.78 is 22.8. The Labute approximate surface area is 171 Å². The number of rotatable bonds is 8. The third kappa shape index (κ3) is 7.50. The van der Waals surface area contributed by atoms with Crippen LogP contribution < -0.4 is 4.72 Å². The van der Waals surface area contributed by atoms with Crippen molar-refractivity contribution < 1.29 is 8.98 Å². The average Bonchev–Trinajstić information content (AvgIpc) is 2.50. The van der Waals surface area contributed by atoms with Gasteiger partial charge in [0.05, 0.1) is 11.7 Å². The molecule has 0 aliphatic heterocycles. The zero-order valence-corrected chi connectivity index (χ0v) is 20.7. The molecule has 1 N–H and O–H groups in total. The highest BCUT2D eigenvalue weighted by molar-refractivity contribution is 7.90. The molecule has 1 aromatic heterocycles. The van der Waals surface area contributed by atoms with Crippen LogP contribution in [0.4, 0.5) is 0 Å². The zero-order chi connectivity index (χ0) is 21.0. The van der Waals surface area contributed by atoms with Crippen LogP contribution >= 0.6 is 0 Å². The molecule has 6 heteroatoms. The normalized spacial score (nSPS) is 17.0. The number of aromatic nitrogens is 1. The zero-order valence-electron chi connectivity index (χ0n) is 18.9. The van der Waals surface area contributed by atoms with E-state index in [9.17, 15) is 4.55 Å². The van der Waals surface area contributed by atoms with Gasteiger partial charge < -0.3 is 8.98 Å². The number of nitrogens with zero attached hydrogens (tertiary/aromatic N) is 1. The van der Waals surface area contributed by atoms with Crippen molar-refractivity contribution in [3.05, 3.63) is 30.1 Å². The van der Waals surface area contributed by atoms with Crippen LogP contribution in [0.5, 0.6) is 0 Å². The molecule has 0 saturated carbocycles. The van der Waals surface area contributed by atoms with E-state index in [-0.39, 0.29) is 21.9 Å². The molecule has 1 rings (SSSR count). The number of hydrogen-bond donors (Lipinski definition) is 1. The second-order valence-electron chi connectivity index (χ2n) is 10.3. The van der Waals surface area contributed by atoms with Crippen LogP contribution in [0.2, 0.25) is 18.1 Å². The molecule has 0 aromatic carbocycles. The minimum Gasteiger partial charge on any atom is -0.598 e. The minimum absolute atomic E-state index is 0.0610. The first-order valence-electron chi connectivity index (χ1n) is 9.92. The van der Waals surface area contributed by atoms with Crippen molar-refractivity contribution in [2.45, 2.75) is 96.8 Å². The van der Waals surface area contributed by atoms with Gasteiger partial charge in [0, 0.05) is 17.6 Å². The summed E-state index contributed by atoms with van der Waals surface area (Å²) in [6.07, 6.45) is 2.46. The van der Waals surface area contributed by atoms with Crippen LogP contribution in [0.25, 0.3) is 0 Å². The van der Waals surface area contributed by atoms with Crippen molar-refractivity contribution in [1.29, 1.82) is 0 Å². The van der Waals surface area contributed by atoms with Gasteiger partial charge in [-0.3, -0.25) is 4.98 Å². The topological polar surface area (TPSA) is 57.2 Å². The maximum absolute atomic E-state index is 12.9. The highest BCUT2D eigenvalue weighted by Gasteiger charge is 2.43. The van der Waals surface area contributed by atoms with E-state index in [1.807, 2.05) is 45.2 Å². The molecule has 0 aliphatic carbocycles. The molecular formula is C21H40N2O2SSi. The quantitative estimate of drug-likeness (QED) is 0.445. The first kappa shape index (κ1) is 24.6. The monoisotopic (exact) mass is 412 g/mol. The summed E-state index contributed by atoms with van der Waals surface area (Å²) >= 11 is -1.17. The third-order valence-corrected chi connectivity index (χ3v) is 11.2. The molecule has 3 atom stereocenters. The van der Waals surface area contributed by atoms with Crippen LogP contribution in [0.3, 0.4) is 0 Å². The van der Waals surface area contributed by atoms with Crippen molar-refractivity contribution in [1.82, 2.24) is 9.71 Å². The molecule has 1 aromatic rings. The SMILES string of the molecule is CC(C)C[C@H](N[S@+]([O-])C(C)(C)C)C(O[Si](C)(C)C(C)(C)C)c1ccccn1. The molecule has 0 fully saturated rings. The van der Waals surface area contributed by atoms with E-state index >= 15 is 0 Å². The summed E-state index contributed by atoms with van der Waals surface area (Å²) in [7, 11) is -2.04. The second kappa shape index (κ2) is 9.40. The second-order valence-corrected chi connectivity index (χ2v) is 17.0. The van der Waals surface area contributed by atoms with Crippen LogP contribution in [0.1, 0.15) is 73.6 Å². The molecule has 0 amide bonds. The molecule has 0 aliphatic rings. The molecule has 27 heavy (non-hydrogen) atoms. The van der Waals surface area contributed by atoms with E-state index in [2.05, 4.69) is 57.4 Å². The molecule has 4 nitrogen and oxygen atoms in total. The molecule has 1 heterocycles. The van der Waals surface area contributed by atoms with Gasteiger partial charge in [-0.15, -0.1) is 4.72 Å². The molecule has 1 unspecified atom stereocenters. The minimum atomic E-state index is -2.04. The third-order valence-electron chi connectivity index (χ3n) is 5.11. The smallest absolute Gasteiger partial charge is 0.193 e. The summed E-state index contributed by atoms with van der Waals surface area (Å²) in [5.41, 5.74) is 0.909. The van der Waals surface area contributed by atoms with E-state index in [1.165, 1.54) is 0 Å². The Morgan fingerprint density at radius 2 is 1.74 bits per heavy atom. The van der Waals surface area contributed by atoms with Crippen molar-refractivity contribution in [3.63, 3.8) is 0 Å². The lowest BCUT2D eigenvalue weighted by atomic mass is 9.98. The van der Waals surface area contributed by atoms with Crippen molar-refractivity contribution >= 4 is 19.7 Å². The van der Waals surface area contributed by atoms with Crippen molar-refractivity contribution in [2.24, 2.45) is 5.92 Å². The predicted octanol–water partition coefficient (Wildman–Crippen LogP) is 5.61. The molecule has 0 bridgehead atoms. The maximum atomic E-state index is 12.9. The van der Waals surface area contributed by atoms with Gasteiger partial charge in [-0.25, -0.2) is 0 Å². The van der Waals surface area contributed by atoms with Crippen molar-refractivity contribution in [3.8, 4) is 0 Å². The van der Waals surface area contributed by atoms with E-state index < -0.39 is 19.7 Å². The maximum Gasteiger partial charge on any atom is 0.193 e. The first-order valence-corrected chi connectivity index (χ1v) is 14.0. The van der Waals surface area contributed by atoms with Gasteiger partial charge >= 0.3 is 0 Å². The summed E-state index contributed by atoms with van der Waals surface area (Å²) in [6.45, 7) is 21.6.